The summed E-state index contributed by atoms with van der Waals surface area (Å²) in [5, 5.41) is 9.04. The van der Waals surface area contributed by atoms with Gasteiger partial charge in [0.1, 0.15) is 16.8 Å². The van der Waals surface area contributed by atoms with Crippen molar-refractivity contribution in [2.75, 3.05) is 14.2 Å². The van der Waals surface area contributed by atoms with Gasteiger partial charge in [0.2, 0.25) is 10.0 Å². The summed E-state index contributed by atoms with van der Waals surface area (Å²) in [5.74, 6) is -2.90. The standard InChI is InChI=1S/C13H18FNO6S/c1-7(2)12(13(16)17)15-22(18,19)11-6-10(21-4)9(20-3)5-8(11)14/h5-7,12,15H,1-4H3,(H,16,17)/t12-/m0/s1. The molecular weight excluding hydrogens is 317 g/mol. The first kappa shape index (κ1) is 18.2. The molecule has 7 nitrogen and oxygen atoms in total. The lowest BCUT2D eigenvalue weighted by atomic mass is 10.1. The smallest absolute Gasteiger partial charge is 0.322 e. The third kappa shape index (κ3) is 3.86. The van der Waals surface area contributed by atoms with Crippen molar-refractivity contribution in [3.8, 4) is 11.5 Å². The molecule has 2 N–H and O–H groups in total. The van der Waals surface area contributed by atoms with Crippen molar-refractivity contribution in [2.45, 2.75) is 24.8 Å². The molecule has 22 heavy (non-hydrogen) atoms. The zero-order valence-electron chi connectivity index (χ0n) is 12.6. The first-order valence-corrected chi connectivity index (χ1v) is 7.79. The lowest BCUT2D eigenvalue weighted by molar-refractivity contribution is -0.140. The topological polar surface area (TPSA) is 102 Å². The zero-order chi connectivity index (χ0) is 17.1. The third-order valence-corrected chi connectivity index (χ3v) is 4.40. The molecule has 0 saturated carbocycles. The number of benzene rings is 1. The quantitative estimate of drug-likeness (QED) is 0.777. The predicted octanol–water partition coefficient (Wildman–Crippen LogP) is 1.23. The van der Waals surface area contributed by atoms with E-state index < -0.39 is 38.7 Å². The summed E-state index contributed by atoms with van der Waals surface area (Å²) < 4.78 is 50.2. The van der Waals surface area contributed by atoms with Gasteiger partial charge in [-0.25, -0.2) is 12.8 Å². The zero-order valence-corrected chi connectivity index (χ0v) is 13.4. The molecule has 1 aromatic rings. The van der Waals surface area contributed by atoms with Gasteiger partial charge in [0, 0.05) is 12.1 Å². The average molecular weight is 335 g/mol. The molecule has 124 valence electrons. The van der Waals surface area contributed by atoms with E-state index in [-0.39, 0.29) is 11.5 Å². The Balaban J connectivity index is 3.31. The Morgan fingerprint density at radius 3 is 2.14 bits per heavy atom. The number of hydrogen-bond donors (Lipinski definition) is 2. The molecule has 1 rings (SSSR count). The molecule has 0 fully saturated rings. The molecule has 0 unspecified atom stereocenters. The van der Waals surface area contributed by atoms with Crippen molar-refractivity contribution in [1.82, 2.24) is 4.72 Å². The highest BCUT2D eigenvalue weighted by Crippen LogP contribution is 2.32. The van der Waals surface area contributed by atoms with Crippen molar-refractivity contribution in [1.29, 1.82) is 0 Å². The minimum absolute atomic E-state index is 0.0145. The van der Waals surface area contributed by atoms with Crippen LogP contribution in [-0.2, 0) is 14.8 Å². The molecule has 0 aliphatic rings. The van der Waals surface area contributed by atoms with E-state index >= 15 is 0 Å². The summed E-state index contributed by atoms with van der Waals surface area (Å²) in [6.45, 7) is 3.07. The van der Waals surface area contributed by atoms with Crippen molar-refractivity contribution in [3.05, 3.63) is 17.9 Å². The van der Waals surface area contributed by atoms with Crippen LogP contribution in [0.5, 0.6) is 11.5 Å². The second kappa shape index (κ2) is 6.93. The summed E-state index contributed by atoms with van der Waals surface area (Å²) in [4.78, 5) is 10.4. The molecule has 0 aliphatic carbocycles. The van der Waals surface area contributed by atoms with Gasteiger partial charge in [-0.15, -0.1) is 0 Å². The Kier molecular flexibility index (Phi) is 5.72. The normalized spacial score (nSPS) is 13.0. The second-order valence-electron chi connectivity index (χ2n) is 4.82. The maximum absolute atomic E-state index is 14.0. The highest BCUT2D eigenvalue weighted by atomic mass is 32.2. The van der Waals surface area contributed by atoms with Crippen LogP contribution in [0.1, 0.15) is 13.8 Å². The molecule has 0 aliphatic heterocycles. The van der Waals surface area contributed by atoms with Crippen LogP contribution in [0.25, 0.3) is 0 Å². The number of sulfonamides is 1. The lowest BCUT2D eigenvalue weighted by Gasteiger charge is -2.19. The second-order valence-corrected chi connectivity index (χ2v) is 6.50. The van der Waals surface area contributed by atoms with E-state index in [0.717, 1.165) is 12.1 Å². The van der Waals surface area contributed by atoms with Crippen LogP contribution in [0.2, 0.25) is 0 Å². The molecule has 1 atom stereocenters. The summed E-state index contributed by atoms with van der Waals surface area (Å²) >= 11 is 0. The molecule has 0 bridgehead atoms. The van der Waals surface area contributed by atoms with Gasteiger partial charge in [0.15, 0.2) is 11.5 Å². The Labute approximate surface area is 128 Å². The van der Waals surface area contributed by atoms with Crippen LogP contribution in [-0.4, -0.2) is 39.8 Å². The Morgan fingerprint density at radius 1 is 1.23 bits per heavy atom. The number of rotatable bonds is 7. The van der Waals surface area contributed by atoms with E-state index in [1.807, 2.05) is 4.72 Å². The molecule has 0 saturated heterocycles. The average Bonchev–Trinajstić information content (AvgIpc) is 2.43. The SMILES string of the molecule is COc1cc(F)c(S(=O)(=O)N[C@H](C(=O)O)C(C)C)cc1OC. The maximum Gasteiger partial charge on any atom is 0.322 e. The van der Waals surface area contributed by atoms with Crippen molar-refractivity contribution < 1.29 is 32.2 Å². The number of methoxy groups -OCH3 is 2. The summed E-state index contributed by atoms with van der Waals surface area (Å²) in [6, 6.07) is 0.423. The van der Waals surface area contributed by atoms with Crippen LogP contribution in [0, 0.1) is 11.7 Å². The summed E-state index contributed by atoms with van der Waals surface area (Å²) in [6.07, 6.45) is 0. The first-order valence-electron chi connectivity index (χ1n) is 6.30. The summed E-state index contributed by atoms with van der Waals surface area (Å²) in [5.41, 5.74) is 0. The van der Waals surface area contributed by atoms with Crippen molar-refractivity contribution in [3.63, 3.8) is 0 Å². The monoisotopic (exact) mass is 335 g/mol. The Morgan fingerprint density at radius 2 is 1.73 bits per heavy atom. The van der Waals surface area contributed by atoms with E-state index in [2.05, 4.69) is 0 Å². The summed E-state index contributed by atoms with van der Waals surface area (Å²) in [7, 11) is -1.83. The van der Waals surface area contributed by atoms with Crippen LogP contribution >= 0.6 is 0 Å². The predicted molar refractivity (Wildman–Crippen MR) is 76.1 cm³/mol. The van der Waals surface area contributed by atoms with Gasteiger partial charge < -0.3 is 14.6 Å². The largest absolute Gasteiger partial charge is 0.493 e. The van der Waals surface area contributed by atoms with E-state index in [4.69, 9.17) is 14.6 Å². The third-order valence-electron chi connectivity index (χ3n) is 2.94. The van der Waals surface area contributed by atoms with Gasteiger partial charge >= 0.3 is 5.97 Å². The van der Waals surface area contributed by atoms with Gasteiger partial charge in [-0.1, -0.05) is 13.8 Å². The molecule has 0 radical (unpaired) electrons. The molecule has 1 aromatic carbocycles. The van der Waals surface area contributed by atoms with Gasteiger partial charge in [-0.05, 0) is 5.92 Å². The lowest BCUT2D eigenvalue weighted by Crippen LogP contribution is -2.44. The number of ether oxygens (including phenoxy) is 2. The number of nitrogens with one attached hydrogen (secondary N) is 1. The van der Waals surface area contributed by atoms with E-state index in [1.165, 1.54) is 28.1 Å². The molecule has 0 spiro atoms. The fourth-order valence-electron chi connectivity index (χ4n) is 1.74. The van der Waals surface area contributed by atoms with Crippen LogP contribution in [0.15, 0.2) is 17.0 Å². The minimum Gasteiger partial charge on any atom is -0.493 e. The number of carboxylic acids is 1. The van der Waals surface area contributed by atoms with E-state index in [9.17, 15) is 17.6 Å². The van der Waals surface area contributed by atoms with Crippen LogP contribution in [0.3, 0.4) is 0 Å². The molecule has 0 heterocycles. The molecular formula is C13H18FNO6S. The van der Waals surface area contributed by atoms with Crippen molar-refractivity contribution >= 4 is 16.0 Å². The molecule has 9 heteroatoms. The maximum atomic E-state index is 14.0. The number of aliphatic carboxylic acids is 1. The fourth-order valence-corrected chi connectivity index (χ4v) is 3.16. The number of carboxylic acid groups (broad SMARTS) is 1. The number of halogens is 1. The van der Waals surface area contributed by atoms with Gasteiger partial charge in [0.25, 0.3) is 0 Å². The van der Waals surface area contributed by atoms with Gasteiger partial charge in [-0.3, -0.25) is 4.79 Å². The molecule has 0 amide bonds. The highest BCUT2D eigenvalue weighted by Gasteiger charge is 2.30. The number of carbonyl (C=O) groups is 1. The first-order chi connectivity index (χ1) is 10.1. The minimum atomic E-state index is -4.38. The Bertz CT molecular complexity index is 659. The van der Waals surface area contributed by atoms with Crippen LogP contribution in [0.4, 0.5) is 4.39 Å². The van der Waals surface area contributed by atoms with E-state index in [1.54, 1.807) is 0 Å². The van der Waals surface area contributed by atoms with Gasteiger partial charge in [-0.2, -0.15) is 4.72 Å². The van der Waals surface area contributed by atoms with Crippen molar-refractivity contribution in [2.24, 2.45) is 5.92 Å². The van der Waals surface area contributed by atoms with Crippen LogP contribution < -0.4 is 14.2 Å². The Hall–Kier alpha value is -1.87. The van der Waals surface area contributed by atoms with E-state index in [0.29, 0.717) is 0 Å². The highest BCUT2D eigenvalue weighted by molar-refractivity contribution is 7.89. The fraction of sp³-hybridized carbons (Fsp3) is 0.462. The van der Waals surface area contributed by atoms with Gasteiger partial charge in [0.05, 0.1) is 14.2 Å². The number of hydrogen-bond acceptors (Lipinski definition) is 5. The molecule has 0 aromatic heterocycles.